The second kappa shape index (κ2) is 9.37. The van der Waals surface area contributed by atoms with Gasteiger partial charge in [0.25, 0.3) is 0 Å². The summed E-state index contributed by atoms with van der Waals surface area (Å²) in [5.41, 5.74) is 1.10. The van der Waals surface area contributed by atoms with Crippen LogP contribution in [0.2, 0.25) is 6.82 Å². The molecule has 0 nitrogen and oxygen atoms in total. The van der Waals surface area contributed by atoms with E-state index in [2.05, 4.69) is 7.85 Å². The number of hydrogen-bond donors (Lipinski definition) is 0. The summed E-state index contributed by atoms with van der Waals surface area (Å²) in [6.07, 6.45) is 0. The quantitative estimate of drug-likeness (QED) is 0.531. The Morgan fingerprint density at radius 3 is 1.92 bits per heavy atom. The zero-order chi connectivity index (χ0) is 10.9. The summed E-state index contributed by atoms with van der Waals surface area (Å²) < 4.78 is 12.5. The lowest BCUT2D eigenvalue weighted by Crippen LogP contribution is -2.02. The first kappa shape index (κ1) is 14.8. The van der Waals surface area contributed by atoms with E-state index < -0.39 is 0 Å². The van der Waals surface area contributed by atoms with Crippen LogP contribution >= 0.6 is 0 Å². The van der Waals surface area contributed by atoms with E-state index in [1.165, 1.54) is 12.9 Å². The van der Waals surface area contributed by atoms with Crippen LogP contribution in [0.1, 0.15) is 19.4 Å². The van der Waals surface area contributed by atoms with Crippen molar-refractivity contribution in [2.24, 2.45) is 0 Å². The van der Waals surface area contributed by atoms with E-state index in [0.717, 1.165) is 0 Å². The normalized spacial score (nSPS) is 7.46. The number of halogens is 1. The lowest BCUT2D eigenvalue weighted by molar-refractivity contribution is 0.619. The molecule has 1 rings (SSSR count). The number of benzene rings is 1. The second-order valence-electron chi connectivity index (χ2n) is 2.01. The topological polar surface area (TPSA) is 0 Å². The Kier molecular flexibility index (Phi) is 10.7. The average Bonchev–Trinajstić information content (AvgIpc) is 2.18. The van der Waals surface area contributed by atoms with Crippen molar-refractivity contribution < 1.29 is 4.39 Å². The summed E-state index contributed by atoms with van der Waals surface area (Å²) in [6.45, 7) is 7.20. The molecule has 0 spiro atoms. The Morgan fingerprint density at radius 1 is 1.15 bits per heavy atom. The Balaban J connectivity index is 0. The number of rotatable bonds is 0. The molecule has 4 radical (unpaired) electrons. The van der Waals surface area contributed by atoms with Gasteiger partial charge < -0.3 is 0 Å². The van der Waals surface area contributed by atoms with Crippen LogP contribution in [0.25, 0.3) is 0 Å². The molecule has 0 unspecified atom stereocenters. The summed E-state index contributed by atoms with van der Waals surface area (Å²) in [6, 6.07) is 4.65. The monoisotopic (exact) mass is 176 g/mol. The van der Waals surface area contributed by atoms with Crippen LogP contribution in [0.3, 0.4) is 0 Å². The first-order valence-corrected chi connectivity index (χ1v) is 4.29. The highest BCUT2D eigenvalue weighted by Crippen LogP contribution is 2.00. The first-order chi connectivity index (χ1) is 6.20. The van der Waals surface area contributed by atoms with Crippen LogP contribution in [0.4, 0.5) is 4.39 Å². The lowest BCUT2D eigenvalue weighted by atomic mass is 9.95. The maximum Gasteiger partial charge on any atom is 0.125 e. The van der Waals surface area contributed by atoms with Gasteiger partial charge in [0.2, 0.25) is 0 Å². The third-order valence-corrected chi connectivity index (χ3v) is 1.20. The third kappa shape index (κ3) is 6.44. The molecule has 0 atom stereocenters. The average molecular weight is 176 g/mol. The zero-order valence-corrected chi connectivity index (χ0v) is 8.76. The minimum Gasteiger partial charge on any atom is -0.207 e. The van der Waals surface area contributed by atoms with Gasteiger partial charge in [-0.25, -0.2) is 4.39 Å². The van der Waals surface area contributed by atoms with E-state index in [0.29, 0.717) is 11.0 Å². The van der Waals surface area contributed by atoms with Crippen LogP contribution in [-0.4, -0.2) is 15.7 Å². The van der Waals surface area contributed by atoms with Crippen molar-refractivity contribution in [1.82, 2.24) is 0 Å². The predicted molar refractivity (Wildman–Crippen MR) is 59.5 cm³/mol. The smallest absolute Gasteiger partial charge is 0.125 e. The SMILES string of the molecule is CC.[B]C.[B]c1ccc(C)c(F)c1. The Hall–Kier alpha value is -0.720. The second-order valence-corrected chi connectivity index (χ2v) is 2.01. The van der Waals surface area contributed by atoms with Gasteiger partial charge in [0.05, 0.1) is 7.85 Å². The molecule has 3 heteroatoms. The van der Waals surface area contributed by atoms with E-state index >= 15 is 0 Å². The molecule has 0 amide bonds. The molecule has 0 fully saturated rings. The highest BCUT2D eigenvalue weighted by Gasteiger charge is 1.92. The van der Waals surface area contributed by atoms with Crippen molar-refractivity contribution in [2.75, 3.05) is 0 Å². The van der Waals surface area contributed by atoms with Crippen LogP contribution in [0.5, 0.6) is 0 Å². The van der Waals surface area contributed by atoms with Crippen molar-refractivity contribution in [1.29, 1.82) is 0 Å². The Labute approximate surface area is 83.4 Å². The van der Waals surface area contributed by atoms with Gasteiger partial charge in [-0.1, -0.05) is 38.3 Å². The molecule has 0 heterocycles. The molecule has 0 saturated heterocycles. The van der Waals surface area contributed by atoms with Crippen molar-refractivity contribution in [2.45, 2.75) is 27.6 Å². The summed E-state index contributed by atoms with van der Waals surface area (Å²) in [7, 11) is 9.79. The van der Waals surface area contributed by atoms with Gasteiger partial charge in [-0.05, 0) is 18.6 Å². The van der Waals surface area contributed by atoms with Crippen molar-refractivity contribution in [3.63, 3.8) is 0 Å². The fourth-order valence-corrected chi connectivity index (χ4v) is 0.609. The maximum absolute atomic E-state index is 12.5. The molecule has 0 saturated carbocycles. The fraction of sp³-hybridized carbons (Fsp3) is 0.400. The van der Waals surface area contributed by atoms with Gasteiger partial charge in [0, 0.05) is 0 Å². The highest BCUT2D eigenvalue weighted by molar-refractivity contribution is 6.32. The predicted octanol–water partition coefficient (Wildman–Crippen LogP) is 2.16. The minimum atomic E-state index is -0.241. The van der Waals surface area contributed by atoms with Crippen LogP contribution in [0.15, 0.2) is 18.2 Å². The summed E-state index contributed by atoms with van der Waals surface area (Å²) in [5.74, 6) is -0.241. The Bertz CT molecular complexity index is 224. The van der Waals surface area contributed by atoms with Gasteiger partial charge in [0.1, 0.15) is 13.7 Å². The molecule has 0 aromatic heterocycles. The van der Waals surface area contributed by atoms with Gasteiger partial charge in [0.15, 0.2) is 0 Å². The van der Waals surface area contributed by atoms with Crippen molar-refractivity contribution >= 4 is 21.2 Å². The van der Waals surface area contributed by atoms with Gasteiger partial charge in [-0.2, -0.15) is 0 Å². The van der Waals surface area contributed by atoms with E-state index in [9.17, 15) is 4.39 Å². The minimum absolute atomic E-state index is 0.241. The molecular formula is C10H15B2F. The molecule has 0 aliphatic carbocycles. The van der Waals surface area contributed by atoms with E-state index in [4.69, 9.17) is 7.85 Å². The molecule has 0 bridgehead atoms. The molecule has 1 aromatic rings. The molecule has 0 aliphatic rings. The van der Waals surface area contributed by atoms with Crippen LogP contribution in [-0.2, 0) is 0 Å². The molecule has 13 heavy (non-hydrogen) atoms. The van der Waals surface area contributed by atoms with E-state index in [1.807, 2.05) is 13.8 Å². The molecule has 1 aromatic carbocycles. The van der Waals surface area contributed by atoms with Crippen molar-refractivity contribution in [3.05, 3.63) is 29.6 Å². The van der Waals surface area contributed by atoms with Crippen LogP contribution in [0, 0.1) is 12.7 Å². The summed E-state index contributed by atoms with van der Waals surface area (Å²) in [5, 5.41) is 0. The van der Waals surface area contributed by atoms with Gasteiger partial charge in [-0.3, -0.25) is 0 Å². The largest absolute Gasteiger partial charge is 0.207 e. The van der Waals surface area contributed by atoms with E-state index in [-0.39, 0.29) is 5.82 Å². The van der Waals surface area contributed by atoms with Crippen LogP contribution < -0.4 is 5.46 Å². The summed E-state index contributed by atoms with van der Waals surface area (Å²) in [4.78, 5) is 0. The zero-order valence-electron chi connectivity index (χ0n) is 8.76. The summed E-state index contributed by atoms with van der Waals surface area (Å²) >= 11 is 0. The molecular weight excluding hydrogens is 161 g/mol. The van der Waals surface area contributed by atoms with Crippen molar-refractivity contribution in [3.8, 4) is 0 Å². The molecule has 0 aliphatic heterocycles. The highest BCUT2D eigenvalue weighted by atomic mass is 19.1. The maximum atomic E-state index is 12.5. The number of hydrogen-bond acceptors (Lipinski definition) is 0. The van der Waals surface area contributed by atoms with Gasteiger partial charge in [-0.15, -0.1) is 0 Å². The number of aryl methyl sites for hydroxylation is 1. The lowest BCUT2D eigenvalue weighted by Gasteiger charge is -1.95. The molecule has 68 valence electrons. The third-order valence-electron chi connectivity index (χ3n) is 1.20. The van der Waals surface area contributed by atoms with Gasteiger partial charge >= 0.3 is 0 Å². The van der Waals surface area contributed by atoms with E-state index in [1.54, 1.807) is 19.1 Å². The standard InChI is InChI=1S/C7H6BF.C2H6.CH3B/c1-5-2-3-6(8)4-7(5)9;2*1-2/h2-4H,1H3;1-2H3;1H3. The Morgan fingerprint density at radius 2 is 1.62 bits per heavy atom. The fourth-order valence-electron chi connectivity index (χ4n) is 0.609. The molecule has 0 N–H and O–H groups in total. The first-order valence-electron chi connectivity index (χ1n) is 4.29.